The molecule has 2 aromatic heterocycles. The number of rotatable bonds is 2. The van der Waals surface area contributed by atoms with Crippen molar-refractivity contribution in [2.24, 2.45) is 0 Å². The summed E-state index contributed by atoms with van der Waals surface area (Å²) in [6.07, 6.45) is 6.13. The van der Waals surface area contributed by atoms with Crippen LogP contribution in [-0.4, -0.2) is 21.4 Å². The van der Waals surface area contributed by atoms with Gasteiger partial charge in [0.2, 0.25) is 0 Å². The third-order valence-corrected chi connectivity index (χ3v) is 4.22. The third kappa shape index (κ3) is 2.82. The molecule has 21 heavy (non-hydrogen) atoms. The van der Waals surface area contributed by atoms with Crippen molar-refractivity contribution in [3.8, 4) is 0 Å². The van der Waals surface area contributed by atoms with Crippen LogP contribution in [0.5, 0.6) is 0 Å². The van der Waals surface area contributed by atoms with Crippen molar-refractivity contribution in [3.63, 3.8) is 0 Å². The van der Waals surface area contributed by atoms with Gasteiger partial charge in [-0.2, -0.15) is 5.10 Å². The van der Waals surface area contributed by atoms with Gasteiger partial charge in [0.1, 0.15) is 11.0 Å². The molecule has 0 bridgehead atoms. The molecule has 0 aromatic carbocycles. The van der Waals surface area contributed by atoms with E-state index in [4.69, 9.17) is 9.72 Å². The van der Waals surface area contributed by atoms with Gasteiger partial charge in [-0.25, -0.2) is 9.67 Å². The normalized spacial score (nSPS) is 22.0. The van der Waals surface area contributed by atoms with Crippen molar-refractivity contribution in [2.75, 3.05) is 6.61 Å². The summed E-state index contributed by atoms with van der Waals surface area (Å²) in [6, 6.07) is 4.25. The summed E-state index contributed by atoms with van der Waals surface area (Å²) < 4.78 is 7.87. The van der Waals surface area contributed by atoms with Gasteiger partial charge < -0.3 is 4.74 Å². The van der Waals surface area contributed by atoms with E-state index in [0.717, 1.165) is 29.8 Å². The first kappa shape index (κ1) is 14.5. The van der Waals surface area contributed by atoms with E-state index >= 15 is 0 Å². The van der Waals surface area contributed by atoms with Crippen molar-refractivity contribution in [1.29, 1.82) is 0 Å². The fraction of sp³-hybridized carbons (Fsp3) is 0.647. The van der Waals surface area contributed by atoms with Crippen LogP contribution in [0.1, 0.15) is 69.5 Å². The molecule has 4 nitrogen and oxygen atoms in total. The maximum absolute atomic E-state index is 5.84. The number of ether oxygens (including phenoxy) is 1. The van der Waals surface area contributed by atoms with Gasteiger partial charge in [0, 0.05) is 18.2 Å². The zero-order valence-electron chi connectivity index (χ0n) is 13.3. The zero-order chi connectivity index (χ0) is 14.8. The molecule has 1 aliphatic carbocycles. The van der Waals surface area contributed by atoms with Crippen LogP contribution in [0.4, 0.5) is 0 Å². The SMILES string of the molecule is CC.Cc1c2nc(C3CC3)ccc2nn1C1CCCCO1. The summed E-state index contributed by atoms with van der Waals surface area (Å²) in [5.41, 5.74) is 4.43. The van der Waals surface area contributed by atoms with Gasteiger partial charge in [0.15, 0.2) is 6.23 Å². The van der Waals surface area contributed by atoms with Crippen molar-refractivity contribution in [1.82, 2.24) is 14.8 Å². The fourth-order valence-electron chi connectivity index (χ4n) is 2.92. The fourth-order valence-corrected chi connectivity index (χ4v) is 2.92. The highest BCUT2D eigenvalue weighted by Gasteiger charge is 2.26. The first-order valence-corrected chi connectivity index (χ1v) is 8.30. The highest BCUT2D eigenvalue weighted by Crippen LogP contribution is 2.39. The van der Waals surface area contributed by atoms with Gasteiger partial charge in [-0.05, 0) is 51.2 Å². The molecule has 2 aromatic rings. The molecule has 1 unspecified atom stereocenters. The Bertz CT molecular complexity index is 610. The van der Waals surface area contributed by atoms with E-state index in [9.17, 15) is 0 Å². The Hall–Kier alpha value is -1.42. The van der Waals surface area contributed by atoms with Crippen molar-refractivity contribution >= 4 is 11.0 Å². The number of aryl methyl sites for hydroxylation is 1. The predicted molar refractivity (Wildman–Crippen MR) is 84.4 cm³/mol. The Balaban J connectivity index is 0.000000636. The molecule has 2 fully saturated rings. The standard InChI is InChI=1S/C15H19N3O.C2H6/c1-10-15-13(8-7-12(16-15)11-5-6-11)17-18(10)14-4-2-3-9-19-14;1-2/h7-8,11,14H,2-6,9H2,1H3;1-2H3. The van der Waals surface area contributed by atoms with E-state index in [1.54, 1.807) is 0 Å². The molecule has 2 aliphatic rings. The van der Waals surface area contributed by atoms with Crippen molar-refractivity contribution in [3.05, 3.63) is 23.5 Å². The minimum Gasteiger partial charge on any atom is -0.357 e. The van der Waals surface area contributed by atoms with Crippen molar-refractivity contribution < 1.29 is 4.74 Å². The largest absolute Gasteiger partial charge is 0.357 e. The molecule has 4 rings (SSSR count). The van der Waals surface area contributed by atoms with Crippen LogP contribution >= 0.6 is 0 Å². The first-order valence-electron chi connectivity index (χ1n) is 8.30. The molecule has 4 heteroatoms. The molecule has 0 spiro atoms. The molecule has 114 valence electrons. The molecule has 1 atom stereocenters. The van der Waals surface area contributed by atoms with Gasteiger partial charge in [0.25, 0.3) is 0 Å². The van der Waals surface area contributed by atoms with E-state index in [-0.39, 0.29) is 6.23 Å². The maximum Gasteiger partial charge on any atom is 0.150 e. The molecule has 0 amide bonds. The lowest BCUT2D eigenvalue weighted by molar-refractivity contribution is -0.0402. The lowest BCUT2D eigenvalue weighted by Crippen LogP contribution is -2.20. The average molecular weight is 287 g/mol. The van der Waals surface area contributed by atoms with Crippen molar-refractivity contribution in [2.45, 2.75) is 65.0 Å². The summed E-state index contributed by atoms with van der Waals surface area (Å²) >= 11 is 0. The van der Waals surface area contributed by atoms with E-state index in [0.29, 0.717) is 5.92 Å². The molecule has 1 aliphatic heterocycles. The minimum atomic E-state index is 0.104. The molecule has 3 heterocycles. The van der Waals surface area contributed by atoms with Crippen LogP contribution in [0.3, 0.4) is 0 Å². The van der Waals surface area contributed by atoms with Crippen LogP contribution in [-0.2, 0) is 4.74 Å². The topological polar surface area (TPSA) is 39.9 Å². The van der Waals surface area contributed by atoms with E-state index in [1.165, 1.54) is 31.4 Å². The molecule has 0 radical (unpaired) electrons. The smallest absolute Gasteiger partial charge is 0.150 e. The lowest BCUT2D eigenvalue weighted by atomic mass is 10.2. The molecule has 1 saturated carbocycles. The quantitative estimate of drug-likeness (QED) is 0.824. The highest BCUT2D eigenvalue weighted by molar-refractivity contribution is 5.77. The minimum absolute atomic E-state index is 0.104. The first-order chi connectivity index (χ1) is 10.3. The molecular weight excluding hydrogens is 262 g/mol. The number of fused-ring (bicyclic) bond motifs is 1. The molecule has 0 N–H and O–H groups in total. The Morgan fingerprint density at radius 3 is 2.62 bits per heavy atom. The van der Waals surface area contributed by atoms with Gasteiger partial charge in [-0.3, -0.25) is 0 Å². The van der Waals surface area contributed by atoms with Gasteiger partial charge >= 0.3 is 0 Å². The third-order valence-electron chi connectivity index (χ3n) is 4.22. The van der Waals surface area contributed by atoms with Gasteiger partial charge in [-0.1, -0.05) is 13.8 Å². The van der Waals surface area contributed by atoms with Gasteiger partial charge in [0.05, 0.1) is 5.69 Å². The molecular formula is C17H25N3O. The Kier molecular flexibility index (Phi) is 4.24. The second-order valence-electron chi connectivity index (χ2n) is 5.73. The van der Waals surface area contributed by atoms with Crippen LogP contribution in [0.15, 0.2) is 12.1 Å². The van der Waals surface area contributed by atoms with Crippen LogP contribution in [0.2, 0.25) is 0 Å². The number of pyridine rings is 1. The lowest BCUT2D eigenvalue weighted by Gasteiger charge is -2.23. The Labute approximate surface area is 126 Å². The number of nitrogens with zero attached hydrogens (tertiary/aromatic N) is 3. The number of hydrogen-bond acceptors (Lipinski definition) is 3. The van der Waals surface area contributed by atoms with E-state index < -0.39 is 0 Å². The van der Waals surface area contributed by atoms with E-state index in [1.807, 2.05) is 18.5 Å². The summed E-state index contributed by atoms with van der Waals surface area (Å²) in [5, 5.41) is 4.69. The Morgan fingerprint density at radius 1 is 1.14 bits per heavy atom. The maximum atomic E-state index is 5.84. The second kappa shape index (κ2) is 6.14. The van der Waals surface area contributed by atoms with Crippen LogP contribution < -0.4 is 0 Å². The zero-order valence-corrected chi connectivity index (χ0v) is 13.3. The summed E-state index contributed by atoms with van der Waals surface area (Å²) in [4.78, 5) is 4.81. The number of hydrogen-bond donors (Lipinski definition) is 0. The monoisotopic (exact) mass is 287 g/mol. The number of aromatic nitrogens is 3. The summed E-state index contributed by atoms with van der Waals surface area (Å²) in [7, 11) is 0. The van der Waals surface area contributed by atoms with Crippen LogP contribution in [0, 0.1) is 6.92 Å². The average Bonchev–Trinajstić information content (AvgIpc) is 3.35. The summed E-state index contributed by atoms with van der Waals surface area (Å²) in [6.45, 7) is 6.96. The second-order valence-corrected chi connectivity index (χ2v) is 5.73. The predicted octanol–water partition coefficient (Wildman–Crippen LogP) is 4.34. The summed E-state index contributed by atoms with van der Waals surface area (Å²) in [5.74, 6) is 0.693. The van der Waals surface area contributed by atoms with E-state index in [2.05, 4.69) is 24.2 Å². The highest BCUT2D eigenvalue weighted by atomic mass is 16.5. The molecule has 1 saturated heterocycles. The Morgan fingerprint density at radius 2 is 1.95 bits per heavy atom. The van der Waals surface area contributed by atoms with Crippen LogP contribution in [0.25, 0.3) is 11.0 Å². The van der Waals surface area contributed by atoms with Gasteiger partial charge in [-0.15, -0.1) is 0 Å².